The number of halogens is 2. The van der Waals surface area contributed by atoms with Gasteiger partial charge in [-0.2, -0.15) is 0 Å². The third-order valence-corrected chi connectivity index (χ3v) is 15.2. The number of rotatable bonds is 4. The van der Waals surface area contributed by atoms with Gasteiger partial charge in [0.1, 0.15) is 0 Å². The molecule has 5 heteroatoms. The zero-order chi connectivity index (χ0) is 24.3. The molecule has 0 fully saturated rings. The van der Waals surface area contributed by atoms with Gasteiger partial charge in [0, 0.05) is 0 Å². The van der Waals surface area contributed by atoms with Gasteiger partial charge in [-0.1, -0.05) is 0 Å². The van der Waals surface area contributed by atoms with Gasteiger partial charge in [-0.25, -0.2) is 0 Å². The number of allylic oxidation sites excluding steroid dienone is 2. The van der Waals surface area contributed by atoms with Gasteiger partial charge in [-0.3, -0.25) is 0 Å². The van der Waals surface area contributed by atoms with Crippen LogP contribution in [0.3, 0.4) is 0 Å². The van der Waals surface area contributed by atoms with Crippen molar-refractivity contribution in [3.8, 4) is 0 Å². The second kappa shape index (κ2) is 10.8. The first-order valence-electron chi connectivity index (χ1n) is 13.5. The first-order valence-corrected chi connectivity index (χ1v) is 17.6. The third kappa shape index (κ3) is 4.25. The second-order valence-corrected chi connectivity index (χ2v) is 15.9. The molecular weight excluding hydrogens is 686 g/mol. The molecule has 0 aliphatic heterocycles. The van der Waals surface area contributed by atoms with Crippen LogP contribution in [0, 0.1) is 0 Å². The molecule has 0 saturated heterocycles. The summed E-state index contributed by atoms with van der Waals surface area (Å²) < 4.78 is 6.16. The molecule has 192 valence electrons. The summed E-state index contributed by atoms with van der Waals surface area (Å²) in [6.07, 6.45) is 14.5. The number of para-hydroxylation sites is 1. The van der Waals surface area contributed by atoms with Crippen LogP contribution in [-0.2, 0) is 35.7 Å². The summed E-state index contributed by atoms with van der Waals surface area (Å²) in [4.78, 5) is 0. The van der Waals surface area contributed by atoms with E-state index in [1.54, 1.807) is 22.5 Å². The number of hydrogen-bond acceptors (Lipinski definition) is 0. The number of fused-ring (bicyclic) bond motifs is 5. The molecule has 0 saturated carbocycles. The van der Waals surface area contributed by atoms with Crippen molar-refractivity contribution >= 4 is 34.4 Å². The molecule has 0 N–H and O–H groups in total. The summed E-state index contributed by atoms with van der Waals surface area (Å²) in [6.45, 7) is 0. The average molecular weight is 714 g/mol. The Morgan fingerprint density at radius 2 is 1.21 bits per heavy atom. The summed E-state index contributed by atoms with van der Waals surface area (Å²) in [6, 6.07) is 31.8. The zero-order valence-electron chi connectivity index (χ0n) is 21.5. The standard InChI is InChI=1S/C21H18N.C13H10N.2ClH.Hf/c1-2-8-16-14-17(13-15(16)7-1)22-20-11-5-3-9-18(20)19-10-4-6-12-21(19)22;1-2-6-12-10-13(9-11(12)5-1)14-7-3-4-8-14;;;/h1-3,5,7-9,11,13-14H,4,6,10,12H2;1-10H;2*1H;/q;;;;+2/p-2. The predicted molar refractivity (Wildman–Crippen MR) is 150 cm³/mol. The van der Waals surface area contributed by atoms with Gasteiger partial charge in [0.25, 0.3) is 0 Å². The number of benzene rings is 3. The van der Waals surface area contributed by atoms with Crippen molar-refractivity contribution in [2.24, 2.45) is 0 Å². The molecule has 2 atom stereocenters. The molecule has 3 aromatic carbocycles. The van der Waals surface area contributed by atoms with E-state index in [-0.39, 0.29) is 24.8 Å². The maximum Gasteiger partial charge on any atom is -1.00 e. The number of nitrogens with zero attached hydrogens (tertiary/aromatic N) is 2. The van der Waals surface area contributed by atoms with Crippen LogP contribution in [0.15, 0.2) is 97.3 Å². The van der Waals surface area contributed by atoms with Crippen LogP contribution >= 0.6 is 0 Å². The molecule has 2 heterocycles. The van der Waals surface area contributed by atoms with E-state index in [2.05, 4.69) is 119 Å². The van der Waals surface area contributed by atoms with Gasteiger partial charge in [-0.15, -0.1) is 0 Å². The van der Waals surface area contributed by atoms with Gasteiger partial charge in [0.2, 0.25) is 0 Å². The number of aryl methyl sites for hydroxylation is 1. The Morgan fingerprint density at radius 1 is 0.615 bits per heavy atom. The summed E-state index contributed by atoms with van der Waals surface area (Å²) in [5.74, 6) is 0. The van der Waals surface area contributed by atoms with Gasteiger partial charge >= 0.3 is 230 Å². The van der Waals surface area contributed by atoms with Gasteiger partial charge in [0.15, 0.2) is 0 Å². The maximum absolute atomic E-state index is 2.71. The van der Waals surface area contributed by atoms with Gasteiger partial charge in [-0.05, 0) is 0 Å². The van der Waals surface area contributed by atoms with E-state index in [9.17, 15) is 0 Å². The monoisotopic (exact) mass is 714 g/mol. The Morgan fingerprint density at radius 3 is 1.95 bits per heavy atom. The maximum atomic E-state index is 2.71. The molecule has 0 bridgehead atoms. The second-order valence-electron chi connectivity index (χ2n) is 10.5. The van der Waals surface area contributed by atoms with Crippen molar-refractivity contribution in [2.45, 2.75) is 33.0 Å². The Labute approximate surface area is 253 Å². The zero-order valence-corrected chi connectivity index (χ0v) is 26.6. The summed E-state index contributed by atoms with van der Waals surface area (Å²) in [5.41, 5.74) is 13.5. The SMILES string of the molecule is C1=C(n2cccc2)[CH]([Hf+2][CH]2C(n3c4c(c5ccccc53)CCCC4)=Cc3ccccc32)c2ccccc21.[Cl-].[Cl-]. The largest absolute Gasteiger partial charge is 1.00 e. The van der Waals surface area contributed by atoms with Crippen molar-refractivity contribution in [2.75, 3.05) is 0 Å². The van der Waals surface area contributed by atoms with E-state index < -0.39 is 22.9 Å². The third-order valence-electron chi connectivity index (χ3n) is 8.49. The molecule has 0 radical (unpaired) electrons. The molecule has 2 nitrogen and oxygen atoms in total. The summed E-state index contributed by atoms with van der Waals surface area (Å²) in [7, 11) is 0. The van der Waals surface area contributed by atoms with Crippen LogP contribution in [0.4, 0.5) is 0 Å². The fourth-order valence-electron chi connectivity index (χ4n) is 6.85. The van der Waals surface area contributed by atoms with E-state index in [1.165, 1.54) is 59.0 Å². The molecule has 3 aliphatic carbocycles. The molecule has 0 amide bonds. The van der Waals surface area contributed by atoms with Crippen molar-refractivity contribution < 1.29 is 47.7 Å². The fraction of sp³-hybridized carbons (Fsp3) is 0.176. The van der Waals surface area contributed by atoms with E-state index >= 15 is 0 Å². The predicted octanol–water partition coefficient (Wildman–Crippen LogP) is 2.22. The van der Waals surface area contributed by atoms with Crippen molar-refractivity contribution in [3.05, 3.63) is 131 Å². The smallest absolute Gasteiger partial charge is 1.00 e. The summed E-state index contributed by atoms with van der Waals surface area (Å²) >= 11 is -1.35. The van der Waals surface area contributed by atoms with Crippen LogP contribution in [0.2, 0.25) is 0 Å². The molecule has 5 aromatic rings. The Bertz CT molecular complexity index is 1730. The molecule has 2 aromatic heterocycles. The van der Waals surface area contributed by atoms with Gasteiger partial charge < -0.3 is 24.8 Å². The topological polar surface area (TPSA) is 9.86 Å². The summed E-state index contributed by atoms with van der Waals surface area (Å²) in [5, 5.41) is 1.47. The minimum atomic E-state index is -1.35. The quantitative estimate of drug-likeness (QED) is 0.253. The molecule has 8 rings (SSSR count). The Balaban J connectivity index is 0.00000138. The van der Waals surface area contributed by atoms with Crippen molar-refractivity contribution in [3.63, 3.8) is 0 Å². The van der Waals surface area contributed by atoms with Crippen molar-refractivity contribution in [1.82, 2.24) is 9.13 Å². The Hall–Kier alpha value is -2.59. The fourth-order valence-corrected chi connectivity index (χ4v) is 14.0. The molecule has 0 spiro atoms. The normalized spacial score (nSPS) is 18.7. The first-order chi connectivity index (χ1) is 18.4. The minimum Gasteiger partial charge on any atom is -1.00 e. The van der Waals surface area contributed by atoms with Crippen molar-refractivity contribution in [1.29, 1.82) is 0 Å². The van der Waals surface area contributed by atoms with Crippen LogP contribution in [0.1, 0.15) is 53.7 Å². The first kappa shape index (κ1) is 26.6. The molecule has 39 heavy (non-hydrogen) atoms. The Kier molecular flexibility index (Phi) is 7.35. The van der Waals surface area contributed by atoms with Crippen LogP contribution in [0.5, 0.6) is 0 Å². The van der Waals surface area contributed by atoms with Crippen LogP contribution in [0.25, 0.3) is 34.4 Å². The average Bonchev–Trinajstić information content (AvgIpc) is 3.73. The van der Waals surface area contributed by atoms with Crippen LogP contribution in [-0.4, -0.2) is 9.13 Å². The van der Waals surface area contributed by atoms with E-state index in [4.69, 9.17) is 0 Å². The van der Waals surface area contributed by atoms with E-state index in [0.29, 0.717) is 7.35 Å². The van der Waals surface area contributed by atoms with E-state index in [0.717, 1.165) is 0 Å². The van der Waals surface area contributed by atoms with Crippen LogP contribution < -0.4 is 24.8 Å². The van der Waals surface area contributed by atoms with E-state index in [1.807, 2.05) is 0 Å². The minimum absolute atomic E-state index is 0. The molecule has 3 aliphatic rings. The number of hydrogen-bond donors (Lipinski definition) is 0. The molecular formula is C34H28Cl2HfN2. The van der Waals surface area contributed by atoms with Gasteiger partial charge in [0.05, 0.1) is 0 Å². The molecule has 2 unspecified atom stereocenters. The number of aromatic nitrogens is 2.